The fourth-order valence-corrected chi connectivity index (χ4v) is 2.87. The van der Waals surface area contributed by atoms with Crippen molar-refractivity contribution in [1.82, 2.24) is 0 Å². The lowest BCUT2D eigenvalue weighted by Gasteiger charge is -2.36. The number of ether oxygens (including phenoxy) is 1. The van der Waals surface area contributed by atoms with Crippen LogP contribution in [-0.2, 0) is 6.54 Å². The molecule has 1 heterocycles. The van der Waals surface area contributed by atoms with E-state index in [2.05, 4.69) is 17.9 Å². The second-order valence-corrected chi connectivity index (χ2v) is 5.82. The third-order valence-electron chi connectivity index (χ3n) is 3.76. The molecule has 0 aromatic heterocycles. The van der Waals surface area contributed by atoms with E-state index in [1.165, 1.54) is 5.56 Å². The molecule has 2 aromatic rings. The molecule has 0 fully saturated rings. The Hall–Kier alpha value is -1.87. The first kappa shape index (κ1) is 14.1. The SMILES string of the molecule is CCC1CN(Cc2cccc(Cl)c2)c2cc(N)ccc2O1. The van der Waals surface area contributed by atoms with Crippen molar-refractivity contribution >= 4 is 23.0 Å². The van der Waals surface area contributed by atoms with E-state index in [9.17, 15) is 0 Å². The average Bonchev–Trinajstić information content (AvgIpc) is 2.47. The molecule has 0 saturated heterocycles. The topological polar surface area (TPSA) is 38.5 Å². The average molecular weight is 303 g/mol. The molecule has 2 aromatic carbocycles. The standard InChI is InChI=1S/C17H19ClN2O/c1-2-15-11-20(10-12-4-3-5-13(18)8-12)16-9-14(19)6-7-17(16)21-15/h3-9,15H,2,10-11,19H2,1H3. The summed E-state index contributed by atoms with van der Waals surface area (Å²) in [6.07, 6.45) is 1.19. The number of hydrogen-bond donors (Lipinski definition) is 1. The summed E-state index contributed by atoms with van der Waals surface area (Å²) in [6, 6.07) is 13.8. The molecule has 3 rings (SSSR count). The second kappa shape index (κ2) is 5.86. The van der Waals surface area contributed by atoms with Crippen molar-refractivity contribution in [3.63, 3.8) is 0 Å². The van der Waals surface area contributed by atoms with Crippen molar-refractivity contribution < 1.29 is 4.74 Å². The van der Waals surface area contributed by atoms with E-state index >= 15 is 0 Å². The molecule has 2 N–H and O–H groups in total. The predicted molar refractivity (Wildman–Crippen MR) is 88.1 cm³/mol. The predicted octanol–water partition coefficient (Wildman–Crippen LogP) is 4.10. The van der Waals surface area contributed by atoms with Crippen LogP contribution in [0.1, 0.15) is 18.9 Å². The first-order valence-corrected chi connectivity index (χ1v) is 7.59. The minimum Gasteiger partial charge on any atom is -0.486 e. The zero-order chi connectivity index (χ0) is 14.8. The van der Waals surface area contributed by atoms with Crippen molar-refractivity contribution in [2.45, 2.75) is 26.0 Å². The molecule has 0 bridgehead atoms. The van der Waals surface area contributed by atoms with E-state index in [0.717, 1.165) is 41.7 Å². The highest BCUT2D eigenvalue weighted by Gasteiger charge is 2.24. The first-order chi connectivity index (χ1) is 10.2. The normalized spacial score (nSPS) is 17.2. The highest BCUT2D eigenvalue weighted by atomic mass is 35.5. The van der Waals surface area contributed by atoms with Gasteiger partial charge in [-0.05, 0) is 42.3 Å². The first-order valence-electron chi connectivity index (χ1n) is 7.21. The fourth-order valence-electron chi connectivity index (χ4n) is 2.66. The zero-order valence-electron chi connectivity index (χ0n) is 12.1. The Labute approximate surface area is 130 Å². The molecule has 0 radical (unpaired) electrons. The number of halogens is 1. The van der Waals surface area contributed by atoms with Crippen LogP contribution < -0.4 is 15.4 Å². The van der Waals surface area contributed by atoms with Crippen molar-refractivity contribution in [3.05, 3.63) is 53.1 Å². The minimum atomic E-state index is 0.209. The van der Waals surface area contributed by atoms with Crippen molar-refractivity contribution in [2.24, 2.45) is 0 Å². The number of nitrogens with zero attached hydrogens (tertiary/aromatic N) is 1. The molecule has 3 nitrogen and oxygen atoms in total. The quantitative estimate of drug-likeness (QED) is 0.868. The minimum absolute atomic E-state index is 0.209. The summed E-state index contributed by atoms with van der Waals surface area (Å²) in [6.45, 7) is 3.81. The lowest BCUT2D eigenvalue weighted by atomic mass is 10.1. The molecule has 1 atom stereocenters. The van der Waals surface area contributed by atoms with Crippen LogP contribution in [0.25, 0.3) is 0 Å². The number of nitrogen functional groups attached to an aromatic ring is 1. The van der Waals surface area contributed by atoms with Gasteiger partial charge in [-0.25, -0.2) is 0 Å². The van der Waals surface area contributed by atoms with Crippen molar-refractivity contribution in [2.75, 3.05) is 17.2 Å². The van der Waals surface area contributed by atoms with Crippen molar-refractivity contribution in [1.29, 1.82) is 0 Å². The zero-order valence-corrected chi connectivity index (χ0v) is 12.8. The Bertz CT molecular complexity index is 644. The van der Waals surface area contributed by atoms with Crippen LogP contribution >= 0.6 is 11.6 Å². The maximum atomic E-state index is 6.08. The van der Waals surface area contributed by atoms with Gasteiger partial charge in [0, 0.05) is 17.3 Å². The maximum absolute atomic E-state index is 6.08. The summed E-state index contributed by atoms with van der Waals surface area (Å²) in [5.41, 5.74) is 8.92. The molecule has 1 aliphatic rings. The third kappa shape index (κ3) is 3.08. The Balaban J connectivity index is 1.92. The van der Waals surface area contributed by atoms with Crippen LogP contribution in [0, 0.1) is 0 Å². The van der Waals surface area contributed by atoms with Crippen LogP contribution in [0.2, 0.25) is 5.02 Å². The lowest BCUT2D eigenvalue weighted by Crippen LogP contribution is -2.39. The van der Waals surface area contributed by atoms with Crippen molar-refractivity contribution in [3.8, 4) is 5.75 Å². The van der Waals surface area contributed by atoms with Gasteiger partial charge in [-0.2, -0.15) is 0 Å². The van der Waals surface area contributed by atoms with E-state index < -0.39 is 0 Å². The summed E-state index contributed by atoms with van der Waals surface area (Å²) in [5, 5.41) is 0.764. The van der Waals surface area contributed by atoms with Gasteiger partial charge >= 0.3 is 0 Å². The number of anilines is 2. The number of rotatable bonds is 3. The summed E-state index contributed by atoms with van der Waals surface area (Å²) in [7, 11) is 0. The highest BCUT2D eigenvalue weighted by molar-refractivity contribution is 6.30. The molecular weight excluding hydrogens is 284 g/mol. The molecular formula is C17H19ClN2O. The van der Waals surface area contributed by atoms with E-state index in [4.69, 9.17) is 22.1 Å². The van der Waals surface area contributed by atoms with Gasteiger partial charge in [0.2, 0.25) is 0 Å². The van der Waals surface area contributed by atoms with E-state index in [1.54, 1.807) is 0 Å². The molecule has 4 heteroatoms. The summed E-state index contributed by atoms with van der Waals surface area (Å²) in [5.74, 6) is 0.907. The number of nitrogens with two attached hydrogens (primary N) is 1. The van der Waals surface area contributed by atoms with Gasteiger partial charge in [-0.15, -0.1) is 0 Å². The highest BCUT2D eigenvalue weighted by Crippen LogP contribution is 2.36. The van der Waals surface area contributed by atoms with Crippen LogP contribution in [0.15, 0.2) is 42.5 Å². The van der Waals surface area contributed by atoms with Crippen LogP contribution in [0.3, 0.4) is 0 Å². The van der Waals surface area contributed by atoms with Crippen LogP contribution in [-0.4, -0.2) is 12.6 Å². The molecule has 0 spiro atoms. The molecule has 1 aliphatic heterocycles. The number of fused-ring (bicyclic) bond motifs is 1. The molecule has 0 saturated carbocycles. The van der Waals surface area contributed by atoms with E-state index in [-0.39, 0.29) is 6.10 Å². The summed E-state index contributed by atoms with van der Waals surface area (Å²) in [4.78, 5) is 2.31. The molecule has 110 valence electrons. The number of hydrogen-bond acceptors (Lipinski definition) is 3. The molecule has 0 amide bonds. The smallest absolute Gasteiger partial charge is 0.143 e. The fraction of sp³-hybridized carbons (Fsp3) is 0.294. The Morgan fingerprint density at radius 3 is 2.90 bits per heavy atom. The Morgan fingerprint density at radius 2 is 2.14 bits per heavy atom. The van der Waals surface area contributed by atoms with E-state index in [1.807, 2.05) is 36.4 Å². The van der Waals surface area contributed by atoms with Gasteiger partial charge < -0.3 is 15.4 Å². The van der Waals surface area contributed by atoms with E-state index in [0.29, 0.717) is 0 Å². The third-order valence-corrected chi connectivity index (χ3v) is 3.99. The summed E-state index contributed by atoms with van der Waals surface area (Å²) < 4.78 is 6.00. The van der Waals surface area contributed by atoms with Crippen LogP contribution in [0.4, 0.5) is 11.4 Å². The van der Waals surface area contributed by atoms with Gasteiger partial charge in [-0.1, -0.05) is 30.7 Å². The van der Waals surface area contributed by atoms with Gasteiger partial charge in [0.25, 0.3) is 0 Å². The maximum Gasteiger partial charge on any atom is 0.143 e. The van der Waals surface area contributed by atoms with Gasteiger partial charge in [0.15, 0.2) is 0 Å². The van der Waals surface area contributed by atoms with Crippen LogP contribution in [0.5, 0.6) is 5.75 Å². The Morgan fingerprint density at radius 1 is 1.29 bits per heavy atom. The monoisotopic (exact) mass is 302 g/mol. The largest absolute Gasteiger partial charge is 0.486 e. The van der Waals surface area contributed by atoms with Gasteiger partial charge in [-0.3, -0.25) is 0 Å². The summed E-state index contributed by atoms with van der Waals surface area (Å²) >= 11 is 6.08. The number of benzene rings is 2. The molecule has 0 aliphatic carbocycles. The second-order valence-electron chi connectivity index (χ2n) is 5.39. The van der Waals surface area contributed by atoms with Gasteiger partial charge in [0.05, 0.1) is 12.2 Å². The molecule has 1 unspecified atom stereocenters. The Kier molecular flexibility index (Phi) is 3.93. The lowest BCUT2D eigenvalue weighted by molar-refractivity contribution is 0.189. The molecule has 21 heavy (non-hydrogen) atoms. The van der Waals surface area contributed by atoms with Gasteiger partial charge in [0.1, 0.15) is 11.9 Å².